The first kappa shape index (κ1) is 11.6. The fourth-order valence-corrected chi connectivity index (χ4v) is 1.94. The Hall–Kier alpha value is -1.89. The Labute approximate surface area is 98.7 Å². The number of nitrogens with one attached hydrogen (secondary N) is 1. The van der Waals surface area contributed by atoms with Crippen LogP contribution in [-0.4, -0.2) is 24.9 Å². The normalized spacial score (nSPS) is 11.4. The molecule has 2 rings (SSSR count). The van der Waals surface area contributed by atoms with Gasteiger partial charge in [0.25, 0.3) is 0 Å². The van der Waals surface area contributed by atoms with Crippen LogP contribution in [0.15, 0.2) is 28.7 Å². The number of para-hydroxylation sites is 1. The number of hydrogen-bond donors (Lipinski definition) is 1. The summed E-state index contributed by atoms with van der Waals surface area (Å²) in [7, 11) is -3.34. The zero-order valence-corrected chi connectivity index (χ0v) is 10.2. The van der Waals surface area contributed by atoms with Crippen LogP contribution in [-0.2, 0) is 10.0 Å². The molecule has 0 saturated heterocycles. The lowest BCUT2D eigenvalue weighted by Gasteiger charge is -2.06. The van der Waals surface area contributed by atoms with E-state index >= 15 is 0 Å². The van der Waals surface area contributed by atoms with Gasteiger partial charge in [-0.2, -0.15) is 0 Å². The molecule has 90 valence electrons. The molecule has 0 amide bonds. The second-order valence-electron chi connectivity index (χ2n) is 3.55. The molecule has 2 aromatic rings. The Balaban J connectivity index is 2.48. The summed E-state index contributed by atoms with van der Waals surface area (Å²) in [6.45, 7) is 1.67. The monoisotopic (exact) mass is 253 g/mol. The molecule has 0 bridgehead atoms. The van der Waals surface area contributed by atoms with E-state index in [9.17, 15) is 8.42 Å². The van der Waals surface area contributed by atoms with Crippen LogP contribution in [0, 0.1) is 6.92 Å². The second-order valence-corrected chi connectivity index (χ2v) is 5.29. The highest BCUT2D eigenvalue weighted by Crippen LogP contribution is 2.26. The Morgan fingerprint density at radius 1 is 1.24 bits per heavy atom. The highest BCUT2D eigenvalue weighted by molar-refractivity contribution is 7.92. The van der Waals surface area contributed by atoms with Gasteiger partial charge in [-0.25, -0.2) is 8.42 Å². The zero-order valence-electron chi connectivity index (χ0n) is 9.34. The van der Waals surface area contributed by atoms with E-state index < -0.39 is 10.0 Å². The number of aryl methyl sites for hydroxylation is 1. The molecule has 1 aromatic heterocycles. The summed E-state index contributed by atoms with van der Waals surface area (Å²) in [6.07, 6.45) is 1.09. The summed E-state index contributed by atoms with van der Waals surface area (Å²) in [6, 6.07) is 6.83. The van der Waals surface area contributed by atoms with Gasteiger partial charge in [-0.05, 0) is 12.1 Å². The van der Waals surface area contributed by atoms with E-state index in [0.29, 0.717) is 17.1 Å². The Morgan fingerprint density at radius 2 is 1.94 bits per heavy atom. The molecule has 0 spiro atoms. The van der Waals surface area contributed by atoms with Crippen LogP contribution in [0.25, 0.3) is 11.5 Å². The van der Waals surface area contributed by atoms with Crippen LogP contribution in [0.2, 0.25) is 0 Å². The third kappa shape index (κ3) is 2.82. The molecule has 0 atom stereocenters. The number of sulfonamides is 1. The molecular weight excluding hydrogens is 242 g/mol. The lowest BCUT2D eigenvalue weighted by atomic mass is 10.2. The summed E-state index contributed by atoms with van der Waals surface area (Å²) < 4.78 is 30.1. The molecule has 6 nitrogen and oxygen atoms in total. The lowest BCUT2D eigenvalue weighted by molar-refractivity contribution is 0.533. The number of benzene rings is 1. The zero-order chi connectivity index (χ0) is 12.5. The van der Waals surface area contributed by atoms with E-state index in [-0.39, 0.29) is 5.89 Å². The van der Waals surface area contributed by atoms with E-state index in [0.717, 1.165) is 6.26 Å². The molecule has 1 heterocycles. The minimum absolute atomic E-state index is 0.286. The van der Waals surface area contributed by atoms with Crippen molar-refractivity contribution in [1.29, 1.82) is 0 Å². The topological polar surface area (TPSA) is 85.1 Å². The molecule has 17 heavy (non-hydrogen) atoms. The van der Waals surface area contributed by atoms with E-state index in [1.54, 1.807) is 31.2 Å². The highest BCUT2D eigenvalue weighted by atomic mass is 32.2. The van der Waals surface area contributed by atoms with E-state index in [1.165, 1.54) is 0 Å². The average Bonchev–Trinajstić information content (AvgIpc) is 2.63. The molecule has 0 aliphatic carbocycles. The molecule has 0 aliphatic rings. The van der Waals surface area contributed by atoms with E-state index in [2.05, 4.69) is 14.9 Å². The van der Waals surface area contributed by atoms with Gasteiger partial charge in [0.2, 0.25) is 21.8 Å². The fraction of sp³-hybridized carbons (Fsp3) is 0.200. The van der Waals surface area contributed by atoms with Gasteiger partial charge in [0, 0.05) is 6.92 Å². The van der Waals surface area contributed by atoms with Gasteiger partial charge in [-0.3, -0.25) is 4.72 Å². The van der Waals surface area contributed by atoms with Crippen molar-refractivity contribution >= 4 is 15.7 Å². The number of aromatic nitrogens is 2. The third-order valence-electron chi connectivity index (χ3n) is 1.98. The van der Waals surface area contributed by atoms with E-state index in [1.807, 2.05) is 0 Å². The van der Waals surface area contributed by atoms with Crippen molar-refractivity contribution in [1.82, 2.24) is 10.2 Å². The minimum Gasteiger partial charge on any atom is -0.421 e. The Morgan fingerprint density at radius 3 is 2.53 bits per heavy atom. The molecule has 1 N–H and O–H groups in total. The van der Waals surface area contributed by atoms with Crippen molar-refractivity contribution in [2.45, 2.75) is 6.92 Å². The van der Waals surface area contributed by atoms with Crippen molar-refractivity contribution in [2.24, 2.45) is 0 Å². The number of rotatable bonds is 3. The maximum atomic E-state index is 11.2. The van der Waals surface area contributed by atoms with Crippen molar-refractivity contribution < 1.29 is 12.8 Å². The standard InChI is InChI=1S/C10H11N3O3S/c1-7-11-12-10(16-7)8-5-3-4-6-9(8)13-17(2,14)15/h3-6,13H,1-2H3. The van der Waals surface area contributed by atoms with Gasteiger partial charge in [-0.1, -0.05) is 12.1 Å². The summed E-state index contributed by atoms with van der Waals surface area (Å²) in [5.74, 6) is 0.711. The van der Waals surface area contributed by atoms with Crippen molar-refractivity contribution in [3.8, 4) is 11.5 Å². The predicted molar refractivity (Wildman–Crippen MR) is 62.9 cm³/mol. The molecule has 7 heteroatoms. The molecule has 0 radical (unpaired) electrons. The smallest absolute Gasteiger partial charge is 0.249 e. The average molecular weight is 253 g/mol. The van der Waals surface area contributed by atoms with Crippen LogP contribution >= 0.6 is 0 Å². The molecule has 1 aromatic carbocycles. The second kappa shape index (κ2) is 4.17. The first-order valence-corrected chi connectivity index (χ1v) is 6.72. The summed E-state index contributed by atoms with van der Waals surface area (Å²) >= 11 is 0. The fourth-order valence-electron chi connectivity index (χ4n) is 1.36. The summed E-state index contributed by atoms with van der Waals surface area (Å²) in [5.41, 5.74) is 0.970. The van der Waals surface area contributed by atoms with Gasteiger partial charge in [0.05, 0.1) is 17.5 Å². The quantitative estimate of drug-likeness (QED) is 0.894. The van der Waals surface area contributed by atoms with Crippen LogP contribution < -0.4 is 4.72 Å². The Bertz CT molecular complexity index is 634. The molecule has 0 unspecified atom stereocenters. The van der Waals surface area contributed by atoms with Crippen LogP contribution in [0.4, 0.5) is 5.69 Å². The summed E-state index contributed by atoms with van der Waals surface area (Å²) in [4.78, 5) is 0. The van der Waals surface area contributed by atoms with Crippen molar-refractivity contribution in [2.75, 3.05) is 11.0 Å². The molecule has 0 saturated carbocycles. The largest absolute Gasteiger partial charge is 0.421 e. The van der Waals surface area contributed by atoms with Crippen molar-refractivity contribution in [3.05, 3.63) is 30.2 Å². The number of hydrogen-bond acceptors (Lipinski definition) is 5. The lowest BCUT2D eigenvalue weighted by Crippen LogP contribution is -2.10. The number of anilines is 1. The highest BCUT2D eigenvalue weighted by Gasteiger charge is 2.13. The molecular formula is C10H11N3O3S. The molecule has 0 fully saturated rings. The van der Waals surface area contributed by atoms with Gasteiger partial charge >= 0.3 is 0 Å². The van der Waals surface area contributed by atoms with Crippen LogP contribution in [0.1, 0.15) is 5.89 Å². The third-order valence-corrected chi connectivity index (χ3v) is 2.57. The SMILES string of the molecule is Cc1nnc(-c2ccccc2NS(C)(=O)=O)o1. The number of nitrogens with zero attached hydrogens (tertiary/aromatic N) is 2. The van der Waals surface area contributed by atoms with Crippen molar-refractivity contribution in [3.63, 3.8) is 0 Å². The van der Waals surface area contributed by atoms with Crippen LogP contribution in [0.5, 0.6) is 0 Å². The minimum atomic E-state index is -3.34. The van der Waals surface area contributed by atoms with Gasteiger partial charge in [0.1, 0.15) is 0 Å². The maximum Gasteiger partial charge on any atom is 0.249 e. The summed E-state index contributed by atoms with van der Waals surface area (Å²) in [5, 5.41) is 7.56. The van der Waals surface area contributed by atoms with E-state index in [4.69, 9.17) is 4.42 Å². The van der Waals surface area contributed by atoms with Crippen LogP contribution in [0.3, 0.4) is 0 Å². The first-order chi connectivity index (χ1) is 7.96. The van der Waals surface area contributed by atoms with Gasteiger partial charge in [-0.15, -0.1) is 10.2 Å². The predicted octanol–water partition coefficient (Wildman–Crippen LogP) is 1.42. The van der Waals surface area contributed by atoms with Gasteiger partial charge < -0.3 is 4.42 Å². The maximum absolute atomic E-state index is 11.2. The Kier molecular flexibility index (Phi) is 2.84. The van der Waals surface area contributed by atoms with Gasteiger partial charge in [0.15, 0.2) is 0 Å². The molecule has 0 aliphatic heterocycles. The first-order valence-electron chi connectivity index (χ1n) is 4.83.